The third-order valence-electron chi connectivity index (χ3n) is 5.11. The molecule has 0 unspecified atom stereocenters. The van der Waals surface area contributed by atoms with Crippen molar-refractivity contribution in [3.63, 3.8) is 0 Å². The molecule has 32 heavy (non-hydrogen) atoms. The van der Waals surface area contributed by atoms with Crippen LogP contribution in [0.5, 0.6) is 11.5 Å². The normalized spacial score (nSPS) is 15.5. The third kappa shape index (κ3) is 5.39. The van der Waals surface area contributed by atoms with Gasteiger partial charge in [0.05, 0.1) is 29.6 Å². The quantitative estimate of drug-likeness (QED) is 0.566. The Morgan fingerprint density at radius 3 is 2.41 bits per heavy atom. The number of rotatable bonds is 7. The second-order valence-corrected chi connectivity index (χ2v) is 7.83. The van der Waals surface area contributed by atoms with Gasteiger partial charge >= 0.3 is 0 Å². The summed E-state index contributed by atoms with van der Waals surface area (Å²) in [7, 11) is 0. The minimum Gasteiger partial charge on any atom is -0.486 e. The lowest BCUT2D eigenvalue weighted by Gasteiger charge is -2.27. The number of para-hydroxylation sites is 2. The number of hydrogen-bond donors (Lipinski definition) is 2. The number of benzene rings is 3. The van der Waals surface area contributed by atoms with Crippen LogP contribution in [0.25, 0.3) is 0 Å². The molecule has 4 rings (SSSR count). The van der Waals surface area contributed by atoms with Crippen molar-refractivity contribution in [1.29, 1.82) is 0 Å². The second-order valence-electron chi connectivity index (χ2n) is 7.42. The first-order chi connectivity index (χ1) is 15.6. The Morgan fingerprint density at radius 2 is 1.62 bits per heavy atom. The number of nitrogens with one attached hydrogen (secondary N) is 2. The molecule has 0 radical (unpaired) electrons. The number of hydrogen-bond acceptors (Lipinski definition) is 4. The summed E-state index contributed by atoms with van der Waals surface area (Å²) in [6.07, 6.45) is -0.216. The average Bonchev–Trinajstić information content (AvgIpc) is 2.83. The van der Waals surface area contributed by atoms with Crippen LogP contribution in [0, 0.1) is 0 Å². The lowest BCUT2D eigenvalue weighted by molar-refractivity contribution is -0.122. The number of halogens is 1. The fourth-order valence-electron chi connectivity index (χ4n) is 3.47. The highest BCUT2D eigenvalue weighted by molar-refractivity contribution is 6.33. The van der Waals surface area contributed by atoms with E-state index in [1.807, 2.05) is 54.6 Å². The molecule has 1 aliphatic rings. The SMILES string of the molecule is O=C(C[C@@H](NC(=O)c1ccccc1Cl)c1ccccc1)NC[C@@H]1COc2ccccc2O1. The molecule has 0 aromatic heterocycles. The van der Waals surface area contributed by atoms with Gasteiger partial charge in [-0.2, -0.15) is 0 Å². The Bertz CT molecular complexity index is 1090. The molecule has 0 aliphatic carbocycles. The van der Waals surface area contributed by atoms with Gasteiger partial charge in [0.1, 0.15) is 12.7 Å². The monoisotopic (exact) mass is 450 g/mol. The largest absolute Gasteiger partial charge is 0.486 e. The molecule has 0 saturated carbocycles. The van der Waals surface area contributed by atoms with Gasteiger partial charge in [0, 0.05) is 0 Å². The highest BCUT2D eigenvalue weighted by atomic mass is 35.5. The smallest absolute Gasteiger partial charge is 0.253 e. The zero-order chi connectivity index (χ0) is 22.3. The van der Waals surface area contributed by atoms with Crippen molar-refractivity contribution in [3.8, 4) is 11.5 Å². The first-order valence-electron chi connectivity index (χ1n) is 10.4. The topological polar surface area (TPSA) is 76.7 Å². The van der Waals surface area contributed by atoms with Crippen molar-refractivity contribution >= 4 is 23.4 Å². The van der Waals surface area contributed by atoms with Gasteiger partial charge in [-0.3, -0.25) is 9.59 Å². The maximum absolute atomic E-state index is 12.8. The molecule has 1 heterocycles. The second kappa shape index (κ2) is 10.2. The van der Waals surface area contributed by atoms with Gasteiger partial charge in [-0.25, -0.2) is 0 Å². The van der Waals surface area contributed by atoms with E-state index >= 15 is 0 Å². The van der Waals surface area contributed by atoms with E-state index in [0.717, 1.165) is 5.56 Å². The molecular weight excluding hydrogens is 428 g/mol. The number of ether oxygens (including phenoxy) is 2. The zero-order valence-electron chi connectivity index (χ0n) is 17.3. The van der Waals surface area contributed by atoms with Crippen molar-refractivity contribution in [2.75, 3.05) is 13.2 Å². The number of carbonyl (C=O) groups is 2. The molecule has 3 aromatic carbocycles. The first-order valence-corrected chi connectivity index (χ1v) is 10.7. The Morgan fingerprint density at radius 1 is 0.938 bits per heavy atom. The van der Waals surface area contributed by atoms with Crippen LogP contribution in [0.2, 0.25) is 5.02 Å². The van der Waals surface area contributed by atoms with E-state index in [4.69, 9.17) is 21.1 Å². The van der Waals surface area contributed by atoms with Gasteiger partial charge in [0.25, 0.3) is 5.91 Å². The lowest BCUT2D eigenvalue weighted by Crippen LogP contribution is -2.42. The summed E-state index contributed by atoms with van der Waals surface area (Å²) in [6.45, 7) is 0.649. The summed E-state index contributed by atoms with van der Waals surface area (Å²) in [5.41, 5.74) is 1.19. The molecule has 0 bridgehead atoms. The summed E-state index contributed by atoms with van der Waals surface area (Å²) < 4.78 is 11.6. The van der Waals surface area contributed by atoms with E-state index < -0.39 is 6.04 Å². The molecular formula is C25H23ClN2O4. The number of amides is 2. The van der Waals surface area contributed by atoms with E-state index in [-0.39, 0.29) is 24.3 Å². The minimum absolute atomic E-state index is 0.0738. The highest BCUT2D eigenvalue weighted by Crippen LogP contribution is 2.30. The minimum atomic E-state index is -0.510. The molecule has 0 fully saturated rings. The van der Waals surface area contributed by atoms with Crippen molar-refractivity contribution in [1.82, 2.24) is 10.6 Å². The Kier molecular flexibility index (Phi) is 6.92. The Balaban J connectivity index is 1.38. The predicted molar refractivity (Wildman–Crippen MR) is 122 cm³/mol. The summed E-state index contributed by atoms with van der Waals surface area (Å²) in [5.74, 6) is 0.812. The van der Waals surface area contributed by atoms with Gasteiger partial charge < -0.3 is 20.1 Å². The van der Waals surface area contributed by atoms with Crippen molar-refractivity contribution in [2.45, 2.75) is 18.6 Å². The zero-order valence-corrected chi connectivity index (χ0v) is 18.0. The molecule has 1 aliphatic heterocycles. The lowest BCUT2D eigenvalue weighted by atomic mass is 10.0. The van der Waals surface area contributed by atoms with E-state index in [2.05, 4.69) is 10.6 Å². The van der Waals surface area contributed by atoms with Crippen molar-refractivity contribution in [3.05, 3.63) is 95.0 Å². The van der Waals surface area contributed by atoms with Crippen LogP contribution in [0.1, 0.15) is 28.4 Å². The van der Waals surface area contributed by atoms with Gasteiger partial charge in [0.15, 0.2) is 11.5 Å². The highest BCUT2D eigenvalue weighted by Gasteiger charge is 2.23. The molecule has 2 amide bonds. The summed E-state index contributed by atoms with van der Waals surface area (Å²) in [4.78, 5) is 25.5. The molecule has 7 heteroatoms. The van der Waals surface area contributed by atoms with Gasteiger partial charge in [0.2, 0.25) is 5.91 Å². The van der Waals surface area contributed by atoms with E-state index in [0.29, 0.717) is 35.2 Å². The van der Waals surface area contributed by atoms with E-state index in [1.165, 1.54) is 0 Å². The summed E-state index contributed by atoms with van der Waals surface area (Å²) >= 11 is 6.16. The van der Waals surface area contributed by atoms with Crippen LogP contribution >= 0.6 is 11.6 Å². The van der Waals surface area contributed by atoms with Crippen molar-refractivity contribution < 1.29 is 19.1 Å². The fraction of sp³-hybridized carbons (Fsp3) is 0.200. The van der Waals surface area contributed by atoms with Crippen LogP contribution < -0.4 is 20.1 Å². The molecule has 0 spiro atoms. The predicted octanol–water partition coefficient (Wildman–Crippen LogP) is 4.16. The Labute approximate surface area is 191 Å². The number of fused-ring (bicyclic) bond motifs is 1. The van der Waals surface area contributed by atoms with Crippen LogP contribution in [0.15, 0.2) is 78.9 Å². The standard InChI is InChI=1S/C25H23ClN2O4/c26-20-11-5-4-10-19(20)25(30)28-21(17-8-2-1-3-9-17)14-24(29)27-15-18-16-31-22-12-6-7-13-23(22)32-18/h1-13,18,21H,14-16H2,(H,27,29)(H,28,30)/t18-,21-/m1/s1. The van der Waals surface area contributed by atoms with Gasteiger partial charge in [-0.1, -0.05) is 66.2 Å². The van der Waals surface area contributed by atoms with E-state index in [9.17, 15) is 9.59 Å². The molecule has 2 N–H and O–H groups in total. The maximum atomic E-state index is 12.8. The van der Waals surface area contributed by atoms with Gasteiger partial charge in [-0.05, 0) is 29.8 Å². The van der Waals surface area contributed by atoms with Crippen LogP contribution in [-0.2, 0) is 4.79 Å². The first kappa shape index (κ1) is 21.7. The van der Waals surface area contributed by atoms with Crippen LogP contribution in [0.3, 0.4) is 0 Å². The average molecular weight is 451 g/mol. The molecule has 164 valence electrons. The van der Waals surface area contributed by atoms with Gasteiger partial charge in [-0.15, -0.1) is 0 Å². The maximum Gasteiger partial charge on any atom is 0.253 e. The van der Waals surface area contributed by atoms with Crippen LogP contribution in [0.4, 0.5) is 0 Å². The third-order valence-corrected chi connectivity index (χ3v) is 5.44. The van der Waals surface area contributed by atoms with Crippen molar-refractivity contribution in [2.24, 2.45) is 0 Å². The Hall–Kier alpha value is -3.51. The fourth-order valence-corrected chi connectivity index (χ4v) is 3.69. The molecule has 3 aromatic rings. The molecule has 6 nitrogen and oxygen atoms in total. The van der Waals surface area contributed by atoms with E-state index in [1.54, 1.807) is 24.3 Å². The summed E-state index contributed by atoms with van der Waals surface area (Å²) in [6, 6.07) is 23.1. The summed E-state index contributed by atoms with van der Waals surface area (Å²) in [5, 5.41) is 6.18. The molecule has 0 saturated heterocycles. The van der Waals surface area contributed by atoms with Crippen LogP contribution in [-0.4, -0.2) is 31.1 Å². The molecule has 2 atom stereocenters. The number of carbonyl (C=O) groups excluding carboxylic acids is 2.